The Morgan fingerprint density at radius 3 is 1.67 bits per heavy atom. The summed E-state index contributed by atoms with van der Waals surface area (Å²) in [6.45, 7) is 4.29. The van der Waals surface area contributed by atoms with Gasteiger partial charge in [-0.25, -0.2) is 0 Å². The molecule has 1 heteroatoms. The topological polar surface area (TPSA) is 0 Å². The van der Waals surface area contributed by atoms with Crippen molar-refractivity contribution >= 4 is 16.4 Å². The van der Waals surface area contributed by atoms with E-state index >= 15 is 0 Å². The number of hydrogen-bond donors (Lipinski definition) is 0. The fraction of sp³-hybridized carbons (Fsp3) is 0.800. The van der Waals surface area contributed by atoms with Crippen molar-refractivity contribution in [2.24, 2.45) is 0 Å². The van der Waals surface area contributed by atoms with Gasteiger partial charge in [-0.3, -0.25) is 0 Å². The van der Waals surface area contributed by atoms with Crippen molar-refractivity contribution in [1.82, 2.24) is 0 Å². The summed E-state index contributed by atoms with van der Waals surface area (Å²) in [5.74, 6) is 5.50. The van der Waals surface area contributed by atoms with Crippen LogP contribution in [0.5, 0.6) is 0 Å². The van der Waals surface area contributed by atoms with E-state index in [2.05, 4.69) is 20.1 Å². The third kappa shape index (κ3) is 2.46. The Kier molecular flexibility index (Phi) is 2.49. The summed E-state index contributed by atoms with van der Waals surface area (Å²) in [7, 11) is -0.159. The van der Waals surface area contributed by atoms with Crippen molar-refractivity contribution in [3.63, 3.8) is 0 Å². The molecule has 0 amide bonds. The fourth-order valence-corrected chi connectivity index (χ4v) is 0. The van der Waals surface area contributed by atoms with Crippen LogP contribution in [0.3, 0.4) is 0 Å². The standard InChI is InChI=1S/C5H12S/c1-5(2)6(3)4/h3,5-6H,1-2,4H3. The van der Waals surface area contributed by atoms with Crippen molar-refractivity contribution in [3.05, 3.63) is 0 Å². The van der Waals surface area contributed by atoms with Gasteiger partial charge in [0.05, 0.1) is 0 Å². The average Bonchev–Trinajstić information content (AvgIpc) is 1.36. The molecule has 0 saturated heterocycles. The van der Waals surface area contributed by atoms with E-state index in [4.69, 9.17) is 5.87 Å². The molecule has 0 rings (SSSR count). The highest BCUT2D eigenvalue weighted by Gasteiger charge is 1.85. The zero-order valence-electron chi connectivity index (χ0n) is 4.60. The van der Waals surface area contributed by atoms with Crippen LogP contribution in [0, 0.1) is 0 Å². The minimum Gasteiger partial charge on any atom is -0.314 e. The quantitative estimate of drug-likeness (QED) is 0.199. The maximum absolute atomic E-state index is 5.50. The van der Waals surface area contributed by atoms with Crippen molar-refractivity contribution < 1.29 is 0 Å². The van der Waals surface area contributed by atoms with E-state index in [0.29, 0.717) is 5.25 Å². The third-order valence-electron chi connectivity index (χ3n) is 0.815. The zero-order chi connectivity index (χ0) is 5.15. The van der Waals surface area contributed by atoms with Crippen molar-refractivity contribution in [2.45, 2.75) is 19.1 Å². The minimum absolute atomic E-state index is 0.159. The Bertz CT molecular complexity index is 55.0. The smallest absolute Gasteiger partial charge is 0.0498 e. The largest absolute Gasteiger partial charge is 0.314 e. The predicted octanol–water partition coefficient (Wildman–Crippen LogP) is 0.684. The molecule has 0 saturated carbocycles. The zero-order valence-corrected chi connectivity index (χ0v) is 5.50. The Hall–Kier alpha value is 0.220. The number of hydrogen-bond acceptors (Lipinski definition) is 0. The van der Waals surface area contributed by atoms with Crippen LogP contribution in [0.4, 0.5) is 0 Å². The Morgan fingerprint density at radius 2 is 1.67 bits per heavy atom. The van der Waals surface area contributed by atoms with E-state index in [1.165, 1.54) is 0 Å². The van der Waals surface area contributed by atoms with Gasteiger partial charge < -0.3 is 16.4 Å². The summed E-state index contributed by atoms with van der Waals surface area (Å²) in [6, 6.07) is 0. The highest BCUT2D eigenvalue weighted by molar-refractivity contribution is 7.94. The lowest BCUT2D eigenvalue weighted by Crippen LogP contribution is -2.00. The van der Waals surface area contributed by atoms with Crippen LogP contribution < -0.4 is 0 Å². The van der Waals surface area contributed by atoms with Gasteiger partial charge in [-0.2, -0.15) is 0 Å². The summed E-state index contributed by atoms with van der Waals surface area (Å²) in [5.41, 5.74) is 0. The van der Waals surface area contributed by atoms with Crippen LogP contribution in [0.1, 0.15) is 13.8 Å². The first-order valence-electron chi connectivity index (χ1n) is 2.12. The van der Waals surface area contributed by atoms with Crippen molar-refractivity contribution in [3.8, 4) is 0 Å². The first kappa shape index (κ1) is 6.22. The molecular formula is C5H12S. The summed E-state index contributed by atoms with van der Waals surface area (Å²) in [6.07, 6.45) is 2.08. The van der Waals surface area contributed by atoms with E-state index in [0.717, 1.165) is 0 Å². The molecule has 0 radical (unpaired) electrons. The third-order valence-corrected chi connectivity index (χ3v) is 2.44. The van der Waals surface area contributed by atoms with E-state index < -0.39 is 0 Å². The Labute approximate surface area is 42.5 Å². The second-order valence-electron chi connectivity index (χ2n) is 1.76. The van der Waals surface area contributed by atoms with Gasteiger partial charge in [-0.15, -0.1) is 0 Å². The molecule has 0 aromatic carbocycles. The molecule has 0 aromatic rings. The van der Waals surface area contributed by atoms with Crippen LogP contribution in [-0.4, -0.2) is 17.4 Å². The SMILES string of the molecule is [CH-]=[SH+](C)C(C)C. The summed E-state index contributed by atoms with van der Waals surface area (Å²) < 4.78 is 0. The summed E-state index contributed by atoms with van der Waals surface area (Å²) in [5, 5.41) is 0.694. The number of rotatable bonds is 1. The molecule has 38 valence electrons. The second kappa shape index (κ2) is 2.40. The van der Waals surface area contributed by atoms with E-state index in [1.54, 1.807) is 0 Å². The molecule has 0 aliphatic carbocycles. The van der Waals surface area contributed by atoms with Crippen molar-refractivity contribution in [1.29, 1.82) is 0 Å². The van der Waals surface area contributed by atoms with Gasteiger partial charge in [0.2, 0.25) is 0 Å². The lowest BCUT2D eigenvalue weighted by molar-refractivity contribution is 1.11. The molecule has 0 N–H and O–H groups in total. The molecule has 0 aliphatic rings. The van der Waals surface area contributed by atoms with E-state index in [1.807, 2.05) is 0 Å². The summed E-state index contributed by atoms with van der Waals surface area (Å²) >= 11 is 0. The molecule has 6 heavy (non-hydrogen) atoms. The van der Waals surface area contributed by atoms with Gasteiger partial charge in [0.25, 0.3) is 0 Å². The fourth-order valence-electron chi connectivity index (χ4n) is 0. The molecule has 1 unspecified atom stereocenters. The first-order valence-corrected chi connectivity index (χ1v) is 4.05. The van der Waals surface area contributed by atoms with Gasteiger partial charge in [0.1, 0.15) is 0 Å². The van der Waals surface area contributed by atoms with Crippen LogP contribution in [0.2, 0.25) is 0 Å². The van der Waals surface area contributed by atoms with Gasteiger partial charge in [0.15, 0.2) is 0 Å². The van der Waals surface area contributed by atoms with Crippen LogP contribution in [0.15, 0.2) is 0 Å². The van der Waals surface area contributed by atoms with Crippen molar-refractivity contribution in [2.75, 3.05) is 6.26 Å². The van der Waals surface area contributed by atoms with Crippen LogP contribution in [-0.2, 0) is 10.5 Å². The second-order valence-corrected chi connectivity index (χ2v) is 4.12. The van der Waals surface area contributed by atoms with Gasteiger partial charge >= 0.3 is 0 Å². The molecule has 0 bridgehead atoms. The van der Waals surface area contributed by atoms with E-state index in [-0.39, 0.29) is 10.5 Å². The number of thiol groups is 1. The highest BCUT2D eigenvalue weighted by Crippen LogP contribution is 1.85. The average molecular weight is 104 g/mol. The van der Waals surface area contributed by atoms with Crippen LogP contribution in [0.25, 0.3) is 0 Å². The van der Waals surface area contributed by atoms with Gasteiger partial charge in [-0.05, 0) is 13.8 Å². The normalized spacial score (nSPS) is 15.3. The molecular weight excluding hydrogens is 92.1 g/mol. The first-order chi connectivity index (χ1) is 2.64. The Balaban J connectivity index is 3.26. The lowest BCUT2D eigenvalue weighted by atomic mass is 10.6. The highest BCUT2D eigenvalue weighted by atomic mass is 32.2. The monoisotopic (exact) mass is 104 g/mol. The molecule has 1 atom stereocenters. The maximum atomic E-state index is 5.50. The minimum atomic E-state index is -0.159. The van der Waals surface area contributed by atoms with E-state index in [9.17, 15) is 0 Å². The molecule has 0 heterocycles. The molecule has 0 fully saturated rings. The lowest BCUT2D eigenvalue weighted by Gasteiger charge is -2.02. The Morgan fingerprint density at radius 1 is 1.50 bits per heavy atom. The van der Waals surface area contributed by atoms with Gasteiger partial charge in [0, 0.05) is 11.5 Å². The molecule has 0 aliphatic heterocycles. The maximum Gasteiger partial charge on any atom is 0.0498 e. The summed E-state index contributed by atoms with van der Waals surface area (Å²) in [4.78, 5) is 0. The van der Waals surface area contributed by atoms with Gasteiger partial charge in [-0.1, -0.05) is 0 Å². The van der Waals surface area contributed by atoms with Crippen LogP contribution >= 0.6 is 0 Å². The molecule has 0 aromatic heterocycles. The molecule has 0 nitrogen and oxygen atoms in total. The predicted molar refractivity (Wildman–Crippen MR) is 35.9 cm³/mol. The molecule has 0 spiro atoms.